The molecule has 0 radical (unpaired) electrons. The van der Waals surface area contributed by atoms with Crippen molar-refractivity contribution in [3.63, 3.8) is 0 Å². The first-order chi connectivity index (χ1) is 18.3. The monoisotopic (exact) mass is 543 g/mol. The molecule has 5 aromatic rings. The Balaban J connectivity index is 1.49. The average molecular weight is 544 g/mol. The van der Waals surface area contributed by atoms with Crippen molar-refractivity contribution in [1.29, 1.82) is 0 Å². The number of nitrogens with one attached hydrogen (secondary N) is 1. The van der Waals surface area contributed by atoms with Gasteiger partial charge < -0.3 is 4.42 Å². The van der Waals surface area contributed by atoms with E-state index in [-0.39, 0.29) is 6.04 Å². The van der Waals surface area contributed by atoms with Crippen molar-refractivity contribution in [2.75, 3.05) is 16.0 Å². The number of fused-ring (bicyclic) bond motifs is 1. The van der Waals surface area contributed by atoms with Gasteiger partial charge in [0, 0.05) is 28.1 Å². The molecule has 8 nitrogen and oxygen atoms in total. The van der Waals surface area contributed by atoms with Crippen molar-refractivity contribution < 1.29 is 12.8 Å². The SMILES string of the molecule is CS(=O)(=O)Nc1cccc(C2=NN(c3nc(-c4ccccc4)c4cc(Cl)ccc4n3)[C@@H](c3ccco3)C2)c1. The standard InChI is InChI=1S/C28H22ClN5O3S/c1-38(35,36)33-21-10-5-9-19(15-21)24-17-25(26-11-6-14-37-26)34(32-24)28-30-23-13-12-20(29)16-22(23)27(31-28)18-7-3-2-4-8-18/h2-16,25,33H,17H2,1H3/t25-/m1/s1. The highest BCUT2D eigenvalue weighted by atomic mass is 35.5. The van der Waals surface area contributed by atoms with E-state index in [1.807, 2.05) is 60.7 Å². The summed E-state index contributed by atoms with van der Waals surface area (Å²) in [4.78, 5) is 9.82. The number of nitrogens with zero attached hydrogens (tertiary/aromatic N) is 4. The van der Waals surface area contributed by atoms with Crippen LogP contribution in [0.15, 0.2) is 101 Å². The van der Waals surface area contributed by atoms with Crippen LogP contribution in [-0.4, -0.2) is 30.4 Å². The van der Waals surface area contributed by atoms with Gasteiger partial charge in [0.25, 0.3) is 0 Å². The predicted octanol–water partition coefficient (Wildman–Crippen LogP) is 6.27. The highest BCUT2D eigenvalue weighted by Crippen LogP contribution is 2.38. The lowest BCUT2D eigenvalue weighted by atomic mass is 10.0. The molecule has 0 saturated carbocycles. The second-order valence-corrected chi connectivity index (χ2v) is 11.2. The van der Waals surface area contributed by atoms with Gasteiger partial charge in [0.15, 0.2) is 0 Å². The molecule has 0 fully saturated rings. The number of sulfonamides is 1. The molecule has 1 aliphatic rings. The normalized spacial score (nSPS) is 15.6. The summed E-state index contributed by atoms with van der Waals surface area (Å²) < 4.78 is 31.8. The smallest absolute Gasteiger partial charge is 0.248 e. The molecule has 0 unspecified atom stereocenters. The summed E-state index contributed by atoms with van der Waals surface area (Å²) >= 11 is 6.33. The molecule has 10 heteroatoms. The van der Waals surface area contributed by atoms with Crippen molar-refractivity contribution in [2.24, 2.45) is 5.10 Å². The topological polar surface area (TPSA) is 101 Å². The lowest BCUT2D eigenvalue weighted by molar-refractivity contribution is 0.463. The minimum absolute atomic E-state index is 0.292. The van der Waals surface area contributed by atoms with E-state index in [1.165, 1.54) is 0 Å². The number of hydrogen-bond acceptors (Lipinski definition) is 7. The summed E-state index contributed by atoms with van der Waals surface area (Å²) in [7, 11) is -3.42. The largest absolute Gasteiger partial charge is 0.467 e. The summed E-state index contributed by atoms with van der Waals surface area (Å²) in [6.07, 6.45) is 3.26. The zero-order valence-corrected chi connectivity index (χ0v) is 21.8. The molecule has 1 atom stereocenters. The third-order valence-electron chi connectivity index (χ3n) is 6.18. The van der Waals surface area contributed by atoms with Gasteiger partial charge in [-0.3, -0.25) is 4.72 Å². The molecule has 1 N–H and O–H groups in total. The molecule has 0 bridgehead atoms. The van der Waals surface area contributed by atoms with E-state index < -0.39 is 10.0 Å². The number of halogens is 1. The van der Waals surface area contributed by atoms with Gasteiger partial charge in [0.05, 0.1) is 29.4 Å². The summed E-state index contributed by atoms with van der Waals surface area (Å²) in [5.74, 6) is 1.13. The van der Waals surface area contributed by atoms with Crippen LogP contribution in [0.3, 0.4) is 0 Å². The van der Waals surface area contributed by atoms with Crippen LogP contribution in [0.2, 0.25) is 5.02 Å². The Hall–Kier alpha value is -4.21. The summed E-state index contributed by atoms with van der Waals surface area (Å²) in [5, 5.41) is 8.13. The zero-order chi connectivity index (χ0) is 26.3. The van der Waals surface area contributed by atoms with Gasteiger partial charge in [-0.2, -0.15) is 5.10 Å². The van der Waals surface area contributed by atoms with Gasteiger partial charge in [0.1, 0.15) is 11.8 Å². The van der Waals surface area contributed by atoms with E-state index in [1.54, 1.807) is 35.5 Å². The van der Waals surface area contributed by atoms with Gasteiger partial charge >= 0.3 is 0 Å². The quantitative estimate of drug-likeness (QED) is 0.271. The van der Waals surface area contributed by atoms with Gasteiger partial charge in [-0.25, -0.2) is 23.4 Å². The maximum Gasteiger partial charge on any atom is 0.248 e. The predicted molar refractivity (Wildman–Crippen MR) is 150 cm³/mol. The van der Waals surface area contributed by atoms with Crippen LogP contribution in [0.4, 0.5) is 11.6 Å². The van der Waals surface area contributed by atoms with Crippen molar-refractivity contribution in [2.45, 2.75) is 12.5 Å². The van der Waals surface area contributed by atoms with Crippen LogP contribution in [0.5, 0.6) is 0 Å². The molecule has 3 aromatic carbocycles. The van der Waals surface area contributed by atoms with Crippen LogP contribution in [0.1, 0.15) is 23.8 Å². The van der Waals surface area contributed by atoms with Crippen molar-refractivity contribution in [3.8, 4) is 11.3 Å². The van der Waals surface area contributed by atoms with Crippen LogP contribution in [0, 0.1) is 0 Å². The first kappa shape index (κ1) is 24.1. The van der Waals surface area contributed by atoms with E-state index in [2.05, 4.69) is 4.72 Å². The minimum atomic E-state index is -3.42. The Kier molecular flexibility index (Phi) is 6.09. The van der Waals surface area contributed by atoms with E-state index in [0.717, 1.165) is 45.5 Å². The van der Waals surface area contributed by atoms with Crippen LogP contribution < -0.4 is 9.73 Å². The number of hydrazone groups is 1. The van der Waals surface area contributed by atoms with Gasteiger partial charge in [-0.15, -0.1) is 0 Å². The third kappa shape index (κ3) is 4.85. The highest BCUT2D eigenvalue weighted by molar-refractivity contribution is 7.92. The van der Waals surface area contributed by atoms with Crippen molar-refractivity contribution in [3.05, 3.63) is 108 Å². The Bertz CT molecular complexity index is 1770. The second-order valence-electron chi connectivity index (χ2n) is 8.98. The first-order valence-electron chi connectivity index (χ1n) is 11.9. The number of rotatable bonds is 6. The fraction of sp³-hybridized carbons (Fsp3) is 0.107. The fourth-order valence-corrected chi connectivity index (χ4v) is 5.28. The number of aromatic nitrogens is 2. The maximum atomic E-state index is 11.8. The Morgan fingerprint density at radius 1 is 0.947 bits per heavy atom. The molecule has 0 aliphatic carbocycles. The molecule has 6 rings (SSSR count). The summed E-state index contributed by atoms with van der Waals surface area (Å²) in [5.41, 5.74) is 4.42. The molecular formula is C28H22ClN5O3S. The van der Waals surface area contributed by atoms with Crippen molar-refractivity contribution >= 4 is 49.9 Å². The van der Waals surface area contributed by atoms with Gasteiger partial charge in [-0.1, -0.05) is 54.1 Å². The van der Waals surface area contributed by atoms with Crippen LogP contribution >= 0.6 is 11.6 Å². The van der Waals surface area contributed by atoms with Crippen molar-refractivity contribution in [1.82, 2.24) is 9.97 Å². The summed E-state index contributed by atoms with van der Waals surface area (Å²) in [6, 6.07) is 26.0. The fourth-order valence-electron chi connectivity index (χ4n) is 4.56. The van der Waals surface area contributed by atoms with Gasteiger partial charge in [0.2, 0.25) is 16.0 Å². The Morgan fingerprint density at radius 3 is 2.53 bits per heavy atom. The van der Waals surface area contributed by atoms with Gasteiger partial charge in [-0.05, 0) is 48.0 Å². The van der Waals surface area contributed by atoms with E-state index in [9.17, 15) is 8.42 Å². The van der Waals surface area contributed by atoms with E-state index in [4.69, 9.17) is 31.1 Å². The third-order valence-corrected chi connectivity index (χ3v) is 7.02. The highest BCUT2D eigenvalue weighted by Gasteiger charge is 2.34. The number of anilines is 2. The molecule has 3 heterocycles. The lowest BCUT2D eigenvalue weighted by Crippen LogP contribution is -2.20. The van der Waals surface area contributed by atoms with E-state index >= 15 is 0 Å². The number of hydrogen-bond donors (Lipinski definition) is 1. The number of benzene rings is 3. The molecule has 190 valence electrons. The molecular weight excluding hydrogens is 522 g/mol. The molecule has 0 amide bonds. The van der Waals surface area contributed by atoms with E-state index in [0.29, 0.717) is 23.1 Å². The number of furan rings is 1. The maximum absolute atomic E-state index is 11.8. The Labute approximate surface area is 224 Å². The Morgan fingerprint density at radius 2 is 1.76 bits per heavy atom. The molecule has 0 spiro atoms. The molecule has 1 aliphatic heterocycles. The molecule has 0 saturated heterocycles. The zero-order valence-electron chi connectivity index (χ0n) is 20.2. The minimum Gasteiger partial charge on any atom is -0.467 e. The summed E-state index contributed by atoms with van der Waals surface area (Å²) in [6.45, 7) is 0. The average Bonchev–Trinajstić information content (AvgIpc) is 3.58. The van der Waals surface area contributed by atoms with Crippen LogP contribution in [-0.2, 0) is 10.0 Å². The lowest BCUT2D eigenvalue weighted by Gasteiger charge is -2.21. The van der Waals surface area contributed by atoms with Crippen LogP contribution in [0.25, 0.3) is 22.2 Å². The second kappa shape index (κ2) is 9.59. The first-order valence-corrected chi connectivity index (χ1v) is 14.1. The molecule has 2 aromatic heterocycles. The molecule has 38 heavy (non-hydrogen) atoms.